The molecule has 2 aromatic rings. The highest BCUT2D eigenvalue weighted by atomic mass is 32.1. The zero-order valence-corrected chi connectivity index (χ0v) is 18.3. The van der Waals surface area contributed by atoms with Gasteiger partial charge in [-0.1, -0.05) is 19.3 Å². The van der Waals surface area contributed by atoms with Crippen LogP contribution in [0.15, 0.2) is 21.9 Å². The molecule has 0 aliphatic heterocycles. The Hall–Kier alpha value is -2.68. The molecule has 4 rings (SSSR count). The molecular formula is C22H28N4O4S. The SMILES string of the molecule is O=C(NCCCn1ccc(=O)[nH]c1=O)c1c(NC(=O)C2CCCCC2)sc2c1CCC2. The fourth-order valence-corrected chi connectivity index (χ4v) is 5.76. The molecule has 31 heavy (non-hydrogen) atoms. The maximum absolute atomic E-state index is 13.0. The van der Waals surface area contributed by atoms with E-state index in [9.17, 15) is 19.2 Å². The molecule has 2 aromatic heterocycles. The Balaban J connectivity index is 1.39. The summed E-state index contributed by atoms with van der Waals surface area (Å²) < 4.78 is 1.41. The molecule has 166 valence electrons. The fourth-order valence-electron chi connectivity index (χ4n) is 4.47. The van der Waals surface area contributed by atoms with E-state index in [1.165, 1.54) is 39.5 Å². The molecule has 2 aliphatic carbocycles. The van der Waals surface area contributed by atoms with Crippen LogP contribution in [-0.2, 0) is 24.2 Å². The van der Waals surface area contributed by atoms with Gasteiger partial charge in [-0.25, -0.2) is 4.79 Å². The van der Waals surface area contributed by atoms with Crippen LogP contribution in [-0.4, -0.2) is 27.9 Å². The molecule has 2 amide bonds. The molecule has 0 bridgehead atoms. The number of carbonyl (C=O) groups is 2. The van der Waals surface area contributed by atoms with Crippen LogP contribution in [0.5, 0.6) is 0 Å². The molecule has 1 saturated carbocycles. The van der Waals surface area contributed by atoms with Gasteiger partial charge in [0, 0.05) is 36.1 Å². The van der Waals surface area contributed by atoms with Crippen molar-refractivity contribution in [3.05, 3.63) is 49.1 Å². The summed E-state index contributed by atoms with van der Waals surface area (Å²) in [4.78, 5) is 52.0. The predicted molar refractivity (Wildman–Crippen MR) is 120 cm³/mol. The van der Waals surface area contributed by atoms with Crippen LogP contribution in [0.3, 0.4) is 0 Å². The standard InChI is InChI=1S/C22H28N4O4S/c27-17-10-13-26(22(30)24-17)12-5-11-23-20(29)18-15-8-4-9-16(15)31-21(18)25-19(28)14-6-2-1-3-7-14/h10,13-14H,1-9,11-12H2,(H,23,29)(H,25,28)(H,24,27,30). The minimum atomic E-state index is -0.456. The van der Waals surface area contributed by atoms with E-state index in [2.05, 4.69) is 15.6 Å². The number of aromatic amines is 1. The molecule has 0 atom stereocenters. The van der Waals surface area contributed by atoms with Crippen molar-refractivity contribution in [3.8, 4) is 0 Å². The third-order valence-electron chi connectivity index (χ3n) is 6.12. The summed E-state index contributed by atoms with van der Waals surface area (Å²) in [5.74, 6) is -0.101. The Morgan fingerprint density at radius 2 is 1.94 bits per heavy atom. The Morgan fingerprint density at radius 3 is 2.71 bits per heavy atom. The van der Waals surface area contributed by atoms with Crippen LogP contribution in [0.4, 0.5) is 5.00 Å². The summed E-state index contributed by atoms with van der Waals surface area (Å²) in [6.45, 7) is 0.786. The smallest absolute Gasteiger partial charge is 0.328 e. The van der Waals surface area contributed by atoms with Crippen molar-refractivity contribution in [2.45, 2.75) is 64.3 Å². The highest BCUT2D eigenvalue weighted by molar-refractivity contribution is 7.17. The molecule has 3 N–H and O–H groups in total. The van der Waals surface area contributed by atoms with Gasteiger partial charge in [0.1, 0.15) is 5.00 Å². The van der Waals surface area contributed by atoms with Gasteiger partial charge in [0.05, 0.1) is 5.56 Å². The van der Waals surface area contributed by atoms with Crippen LogP contribution >= 0.6 is 11.3 Å². The largest absolute Gasteiger partial charge is 0.352 e. The molecule has 1 fully saturated rings. The lowest BCUT2D eigenvalue weighted by atomic mass is 9.89. The molecular weight excluding hydrogens is 416 g/mol. The Kier molecular flexibility index (Phi) is 6.70. The molecule has 9 heteroatoms. The number of hydrogen-bond acceptors (Lipinski definition) is 5. The Labute approximate surface area is 184 Å². The van der Waals surface area contributed by atoms with Crippen molar-refractivity contribution in [2.24, 2.45) is 5.92 Å². The first-order valence-electron chi connectivity index (χ1n) is 11.1. The quantitative estimate of drug-likeness (QED) is 0.569. The normalized spacial score (nSPS) is 16.1. The maximum Gasteiger partial charge on any atom is 0.328 e. The van der Waals surface area contributed by atoms with Gasteiger partial charge in [-0.15, -0.1) is 11.3 Å². The number of amides is 2. The first-order valence-corrected chi connectivity index (χ1v) is 11.9. The topological polar surface area (TPSA) is 113 Å². The van der Waals surface area contributed by atoms with E-state index in [4.69, 9.17) is 0 Å². The molecule has 8 nitrogen and oxygen atoms in total. The number of nitrogens with zero attached hydrogens (tertiary/aromatic N) is 1. The van der Waals surface area contributed by atoms with Gasteiger partial charge >= 0.3 is 5.69 Å². The van der Waals surface area contributed by atoms with E-state index >= 15 is 0 Å². The lowest BCUT2D eigenvalue weighted by Crippen LogP contribution is -2.31. The molecule has 0 saturated heterocycles. The Morgan fingerprint density at radius 1 is 1.13 bits per heavy atom. The van der Waals surface area contributed by atoms with Crippen molar-refractivity contribution in [2.75, 3.05) is 11.9 Å². The number of H-pyrrole nitrogens is 1. The van der Waals surface area contributed by atoms with Crippen molar-refractivity contribution < 1.29 is 9.59 Å². The number of aryl methyl sites for hydroxylation is 2. The first-order chi connectivity index (χ1) is 15.0. The third kappa shape index (κ3) is 4.98. The number of aromatic nitrogens is 2. The predicted octanol–water partition coefficient (Wildman–Crippen LogP) is 2.43. The van der Waals surface area contributed by atoms with Crippen LogP contribution in [0.25, 0.3) is 0 Å². The number of anilines is 1. The monoisotopic (exact) mass is 444 g/mol. The number of carbonyl (C=O) groups excluding carboxylic acids is 2. The average molecular weight is 445 g/mol. The molecule has 2 heterocycles. The number of hydrogen-bond donors (Lipinski definition) is 3. The van der Waals surface area contributed by atoms with Crippen molar-refractivity contribution in [1.82, 2.24) is 14.9 Å². The second-order valence-electron chi connectivity index (χ2n) is 8.30. The molecule has 0 unspecified atom stereocenters. The summed E-state index contributed by atoms with van der Waals surface area (Å²) in [6, 6.07) is 1.30. The van der Waals surface area contributed by atoms with Gasteiger partial charge in [-0.05, 0) is 44.1 Å². The molecule has 0 spiro atoms. The van der Waals surface area contributed by atoms with Gasteiger partial charge in [0.2, 0.25) is 5.91 Å². The van der Waals surface area contributed by atoms with Gasteiger partial charge in [0.25, 0.3) is 11.5 Å². The minimum Gasteiger partial charge on any atom is -0.352 e. The Bertz CT molecular complexity index is 1080. The van der Waals surface area contributed by atoms with Crippen molar-refractivity contribution in [1.29, 1.82) is 0 Å². The average Bonchev–Trinajstić information content (AvgIpc) is 3.33. The van der Waals surface area contributed by atoms with E-state index in [1.54, 1.807) is 0 Å². The van der Waals surface area contributed by atoms with E-state index < -0.39 is 11.2 Å². The zero-order valence-electron chi connectivity index (χ0n) is 17.5. The summed E-state index contributed by atoms with van der Waals surface area (Å²) >= 11 is 1.54. The van der Waals surface area contributed by atoms with Crippen molar-refractivity contribution in [3.63, 3.8) is 0 Å². The lowest BCUT2D eigenvalue weighted by molar-refractivity contribution is -0.120. The van der Waals surface area contributed by atoms with E-state index in [-0.39, 0.29) is 17.7 Å². The maximum atomic E-state index is 13.0. The van der Waals surface area contributed by atoms with Gasteiger partial charge in [-0.2, -0.15) is 0 Å². The number of nitrogens with one attached hydrogen (secondary N) is 3. The van der Waals surface area contributed by atoms with Crippen LogP contribution < -0.4 is 21.9 Å². The van der Waals surface area contributed by atoms with Crippen LogP contribution in [0.1, 0.15) is 65.7 Å². The number of thiophene rings is 1. The van der Waals surface area contributed by atoms with Gasteiger partial charge in [-0.3, -0.25) is 19.4 Å². The van der Waals surface area contributed by atoms with E-state index in [1.807, 2.05) is 0 Å². The minimum absolute atomic E-state index is 0.0334. The second-order valence-corrected chi connectivity index (χ2v) is 9.40. The van der Waals surface area contributed by atoms with Crippen LogP contribution in [0, 0.1) is 5.92 Å². The summed E-state index contributed by atoms with van der Waals surface area (Å²) in [5.41, 5.74) is 0.798. The number of rotatable bonds is 7. The molecule has 0 aromatic carbocycles. The zero-order chi connectivity index (χ0) is 21.8. The second kappa shape index (κ2) is 9.64. The molecule has 0 radical (unpaired) electrons. The summed E-state index contributed by atoms with van der Waals surface area (Å²) in [5, 5.41) is 6.67. The number of fused-ring (bicyclic) bond motifs is 1. The van der Waals surface area contributed by atoms with Gasteiger partial charge < -0.3 is 15.2 Å². The van der Waals surface area contributed by atoms with Crippen LogP contribution in [0.2, 0.25) is 0 Å². The summed E-state index contributed by atoms with van der Waals surface area (Å²) in [7, 11) is 0. The van der Waals surface area contributed by atoms with Gasteiger partial charge in [0.15, 0.2) is 0 Å². The highest BCUT2D eigenvalue weighted by Crippen LogP contribution is 2.39. The first kappa shape index (κ1) is 21.5. The highest BCUT2D eigenvalue weighted by Gasteiger charge is 2.29. The lowest BCUT2D eigenvalue weighted by Gasteiger charge is -2.20. The van der Waals surface area contributed by atoms with E-state index in [0.717, 1.165) is 50.5 Å². The summed E-state index contributed by atoms with van der Waals surface area (Å²) in [6.07, 6.45) is 10.1. The van der Waals surface area contributed by atoms with Crippen molar-refractivity contribution >= 4 is 28.2 Å². The third-order valence-corrected chi connectivity index (χ3v) is 7.33. The van der Waals surface area contributed by atoms with E-state index in [0.29, 0.717) is 30.1 Å². The molecule has 2 aliphatic rings. The fraction of sp³-hybridized carbons (Fsp3) is 0.545.